The summed E-state index contributed by atoms with van der Waals surface area (Å²) >= 11 is 1.91. The average molecular weight is 508 g/mol. The Balaban J connectivity index is 1.92. The summed E-state index contributed by atoms with van der Waals surface area (Å²) in [5.41, 5.74) is 0.979. The summed E-state index contributed by atoms with van der Waals surface area (Å²) in [6.45, 7) is -0.00425. The number of carbonyl (C=O) groups excluding carboxylic acids is 3. The number of aromatic hydroxyl groups is 1. The van der Waals surface area contributed by atoms with Crippen molar-refractivity contribution in [1.29, 1.82) is 0 Å². The second kappa shape index (κ2) is 8.52. The molecule has 0 radical (unpaired) electrons. The fourth-order valence-electron chi connectivity index (χ4n) is 2.75. The number of amides is 4. The molecular formula is C20H17IN2O6. The molecule has 1 saturated heterocycles. The molecule has 0 aromatic heterocycles. The first-order valence-electron chi connectivity index (χ1n) is 8.42. The van der Waals surface area contributed by atoms with Gasteiger partial charge in [-0.25, -0.2) is 4.79 Å². The number of nitrogens with zero attached hydrogens (tertiary/aromatic N) is 1. The van der Waals surface area contributed by atoms with E-state index in [0.717, 1.165) is 4.90 Å². The molecular weight excluding hydrogens is 491 g/mol. The first-order chi connectivity index (χ1) is 13.8. The van der Waals surface area contributed by atoms with Gasteiger partial charge in [0.2, 0.25) is 0 Å². The zero-order valence-corrected chi connectivity index (χ0v) is 17.7. The highest BCUT2D eigenvalue weighted by molar-refractivity contribution is 14.1. The van der Waals surface area contributed by atoms with Crippen LogP contribution in [0.3, 0.4) is 0 Å². The van der Waals surface area contributed by atoms with Gasteiger partial charge in [0.1, 0.15) is 11.3 Å². The fourth-order valence-corrected chi connectivity index (χ4v) is 3.38. The van der Waals surface area contributed by atoms with Crippen molar-refractivity contribution in [2.75, 3.05) is 14.2 Å². The van der Waals surface area contributed by atoms with Crippen LogP contribution in [0.1, 0.15) is 11.1 Å². The number of hydrogen-bond acceptors (Lipinski definition) is 6. The van der Waals surface area contributed by atoms with Crippen LogP contribution in [-0.2, 0) is 16.1 Å². The van der Waals surface area contributed by atoms with Crippen molar-refractivity contribution >= 4 is 46.5 Å². The first kappa shape index (κ1) is 20.6. The summed E-state index contributed by atoms with van der Waals surface area (Å²) in [6.07, 6.45) is 1.36. The Kier molecular flexibility index (Phi) is 6.06. The van der Waals surface area contributed by atoms with E-state index in [1.54, 1.807) is 37.4 Å². The molecule has 4 amide bonds. The minimum absolute atomic E-state index is 0.00425. The summed E-state index contributed by atoms with van der Waals surface area (Å²) in [5, 5.41) is 12.1. The third kappa shape index (κ3) is 4.34. The Labute approximate surface area is 180 Å². The molecule has 2 aromatic carbocycles. The van der Waals surface area contributed by atoms with Crippen LogP contribution < -0.4 is 14.8 Å². The Morgan fingerprint density at radius 1 is 1.10 bits per heavy atom. The highest BCUT2D eigenvalue weighted by Gasteiger charge is 2.35. The van der Waals surface area contributed by atoms with Crippen molar-refractivity contribution in [3.8, 4) is 17.2 Å². The molecule has 0 unspecified atom stereocenters. The smallest absolute Gasteiger partial charge is 0.331 e. The number of hydrogen-bond donors (Lipinski definition) is 2. The Bertz CT molecular complexity index is 1020. The van der Waals surface area contributed by atoms with Gasteiger partial charge >= 0.3 is 6.03 Å². The van der Waals surface area contributed by atoms with E-state index in [0.29, 0.717) is 20.4 Å². The van der Waals surface area contributed by atoms with Crippen molar-refractivity contribution < 1.29 is 29.0 Å². The molecule has 1 fully saturated rings. The van der Waals surface area contributed by atoms with Crippen molar-refractivity contribution in [1.82, 2.24) is 10.2 Å². The zero-order valence-electron chi connectivity index (χ0n) is 15.6. The summed E-state index contributed by atoms with van der Waals surface area (Å²) in [6, 6.07) is 9.19. The van der Waals surface area contributed by atoms with Gasteiger partial charge in [-0.2, -0.15) is 0 Å². The quantitative estimate of drug-likeness (QED) is 0.366. The Morgan fingerprint density at radius 2 is 1.79 bits per heavy atom. The number of ether oxygens (including phenoxy) is 2. The molecule has 3 rings (SSSR count). The van der Waals surface area contributed by atoms with E-state index in [4.69, 9.17) is 9.47 Å². The maximum Gasteiger partial charge on any atom is 0.331 e. The number of nitrogens with one attached hydrogen (secondary N) is 1. The van der Waals surface area contributed by atoms with E-state index >= 15 is 0 Å². The number of barbiturate groups is 1. The summed E-state index contributed by atoms with van der Waals surface area (Å²) in [4.78, 5) is 38.3. The van der Waals surface area contributed by atoms with Gasteiger partial charge in [-0.3, -0.25) is 19.8 Å². The number of halogens is 1. The zero-order chi connectivity index (χ0) is 21.1. The first-order valence-corrected chi connectivity index (χ1v) is 9.50. The number of benzene rings is 2. The summed E-state index contributed by atoms with van der Waals surface area (Å²) in [7, 11) is 2.94. The minimum Gasteiger partial charge on any atom is -0.504 e. The van der Waals surface area contributed by atoms with Gasteiger partial charge in [0.25, 0.3) is 11.8 Å². The Hall–Kier alpha value is -3.08. The number of phenolic OH excluding ortho intramolecular Hbond substituents is 1. The molecule has 1 heterocycles. The SMILES string of the molecule is COc1ccc(CN2C(=O)NC(=O)/C(=C\c3cc(I)c(O)c(OC)c3)C2=O)cc1. The van der Waals surface area contributed by atoms with E-state index in [2.05, 4.69) is 5.32 Å². The molecule has 0 spiro atoms. The number of carbonyl (C=O) groups is 3. The van der Waals surface area contributed by atoms with E-state index in [9.17, 15) is 19.5 Å². The number of urea groups is 1. The van der Waals surface area contributed by atoms with Crippen LogP contribution >= 0.6 is 22.6 Å². The van der Waals surface area contributed by atoms with Gasteiger partial charge in [0, 0.05) is 0 Å². The van der Waals surface area contributed by atoms with Crippen LogP contribution in [-0.4, -0.2) is 42.1 Å². The number of phenols is 1. The lowest BCUT2D eigenvalue weighted by atomic mass is 10.1. The van der Waals surface area contributed by atoms with Gasteiger partial charge in [-0.1, -0.05) is 12.1 Å². The molecule has 2 aromatic rings. The lowest BCUT2D eigenvalue weighted by molar-refractivity contribution is -0.130. The fraction of sp³-hybridized carbons (Fsp3) is 0.150. The summed E-state index contributed by atoms with van der Waals surface area (Å²) < 4.78 is 10.7. The van der Waals surface area contributed by atoms with Crippen LogP contribution in [0.2, 0.25) is 0 Å². The van der Waals surface area contributed by atoms with Crippen LogP contribution in [0.15, 0.2) is 42.0 Å². The van der Waals surface area contributed by atoms with Crippen molar-refractivity contribution in [3.63, 3.8) is 0 Å². The molecule has 29 heavy (non-hydrogen) atoms. The lowest BCUT2D eigenvalue weighted by Gasteiger charge is -2.26. The topological polar surface area (TPSA) is 105 Å². The second-order valence-electron chi connectivity index (χ2n) is 6.11. The number of methoxy groups -OCH3 is 2. The van der Waals surface area contributed by atoms with Crippen LogP contribution in [0, 0.1) is 3.57 Å². The largest absolute Gasteiger partial charge is 0.504 e. The van der Waals surface area contributed by atoms with Gasteiger partial charge in [0.05, 0.1) is 24.3 Å². The predicted octanol–water partition coefficient (Wildman–Crippen LogP) is 2.68. The van der Waals surface area contributed by atoms with E-state index in [1.165, 1.54) is 19.3 Å². The Morgan fingerprint density at radius 3 is 2.41 bits per heavy atom. The van der Waals surface area contributed by atoms with Crippen molar-refractivity contribution in [2.45, 2.75) is 6.54 Å². The van der Waals surface area contributed by atoms with Crippen molar-refractivity contribution in [3.05, 3.63) is 56.7 Å². The monoisotopic (exact) mass is 508 g/mol. The highest BCUT2D eigenvalue weighted by atomic mass is 127. The molecule has 0 atom stereocenters. The van der Waals surface area contributed by atoms with Gasteiger partial charge in [-0.05, 0) is 64.1 Å². The van der Waals surface area contributed by atoms with Crippen LogP contribution in [0.4, 0.5) is 4.79 Å². The number of imide groups is 2. The second-order valence-corrected chi connectivity index (χ2v) is 7.27. The van der Waals surface area contributed by atoms with Gasteiger partial charge < -0.3 is 14.6 Å². The standard InChI is InChI=1S/C20H17IN2O6/c1-28-13-5-3-11(4-6-13)10-23-19(26)14(18(25)22-20(23)27)7-12-8-15(21)17(24)16(9-12)29-2/h3-9,24H,10H2,1-2H3,(H,22,25,27)/b14-7+. The van der Waals surface area contributed by atoms with Crippen LogP contribution in [0.5, 0.6) is 17.2 Å². The van der Waals surface area contributed by atoms with Gasteiger partial charge in [0.15, 0.2) is 11.5 Å². The summed E-state index contributed by atoms with van der Waals surface area (Å²) in [5.74, 6) is -0.677. The predicted molar refractivity (Wildman–Crippen MR) is 112 cm³/mol. The lowest BCUT2D eigenvalue weighted by Crippen LogP contribution is -2.53. The molecule has 150 valence electrons. The molecule has 0 bridgehead atoms. The third-order valence-corrected chi connectivity index (χ3v) is 5.09. The maximum absolute atomic E-state index is 12.9. The third-order valence-electron chi connectivity index (χ3n) is 4.27. The molecule has 0 aliphatic carbocycles. The highest BCUT2D eigenvalue weighted by Crippen LogP contribution is 2.33. The van der Waals surface area contributed by atoms with Gasteiger partial charge in [-0.15, -0.1) is 0 Å². The van der Waals surface area contributed by atoms with Crippen LogP contribution in [0.25, 0.3) is 6.08 Å². The van der Waals surface area contributed by atoms with E-state index in [1.807, 2.05) is 22.6 Å². The average Bonchev–Trinajstić information content (AvgIpc) is 2.71. The maximum atomic E-state index is 12.9. The van der Waals surface area contributed by atoms with Crippen molar-refractivity contribution in [2.24, 2.45) is 0 Å². The number of rotatable bonds is 5. The molecule has 1 aliphatic heterocycles. The molecule has 9 heteroatoms. The molecule has 8 nitrogen and oxygen atoms in total. The van der Waals surface area contributed by atoms with E-state index < -0.39 is 17.8 Å². The molecule has 2 N–H and O–H groups in total. The molecule has 0 saturated carbocycles. The molecule has 1 aliphatic rings. The van der Waals surface area contributed by atoms with E-state index in [-0.39, 0.29) is 23.6 Å². The normalized spacial score (nSPS) is 15.5. The minimum atomic E-state index is -0.786.